The van der Waals surface area contributed by atoms with Crippen LogP contribution in [0.4, 0.5) is 23.2 Å². The van der Waals surface area contributed by atoms with E-state index >= 15 is 0 Å². The van der Waals surface area contributed by atoms with Crippen LogP contribution >= 0.6 is 0 Å². The van der Waals surface area contributed by atoms with E-state index in [1.165, 1.54) is 12.3 Å². The minimum absolute atomic E-state index is 0.344. The van der Waals surface area contributed by atoms with E-state index in [0.29, 0.717) is 44.1 Å². The van der Waals surface area contributed by atoms with Crippen LogP contribution in [0.3, 0.4) is 0 Å². The lowest BCUT2D eigenvalue weighted by atomic mass is 10.2. The van der Waals surface area contributed by atoms with Gasteiger partial charge in [0.15, 0.2) is 0 Å². The lowest BCUT2D eigenvalue weighted by Crippen LogP contribution is -2.46. The lowest BCUT2D eigenvalue weighted by Gasteiger charge is -2.36. The molecule has 3 rings (SSSR count). The predicted molar refractivity (Wildman–Crippen MR) is 80.9 cm³/mol. The van der Waals surface area contributed by atoms with Crippen molar-refractivity contribution in [1.82, 2.24) is 14.9 Å². The summed E-state index contributed by atoms with van der Waals surface area (Å²) in [6.07, 6.45) is -1.73. The molecule has 8 heteroatoms. The van der Waals surface area contributed by atoms with Crippen molar-refractivity contribution in [3.63, 3.8) is 0 Å². The first kappa shape index (κ1) is 16.6. The summed E-state index contributed by atoms with van der Waals surface area (Å²) in [5, 5.41) is 0. The minimum atomic E-state index is -4.45. The van der Waals surface area contributed by atoms with E-state index in [0.717, 1.165) is 6.07 Å². The monoisotopic (exact) mass is 340 g/mol. The van der Waals surface area contributed by atoms with Crippen LogP contribution in [-0.2, 0) is 12.7 Å². The van der Waals surface area contributed by atoms with Gasteiger partial charge in [-0.2, -0.15) is 13.2 Å². The van der Waals surface area contributed by atoms with Crippen LogP contribution in [-0.4, -0.2) is 41.0 Å². The Hall–Kier alpha value is -2.22. The van der Waals surface area contributed by atoms with Gasteiger partial charge in [0, 0.05) is 50.8 Å². The molecule has 0 bridgehead atoms. The van der Waals surface area contributed by atoms with Crippen molar-refractivity contribution in [3.8, 4) is 0 Å². The first-order valence-corrected chi connectivity index (χ1v) is 7.53. The van der Waals surface area contributed by atoms with Crippen LogP contribution < -0.4 is 4.90 Å². The van der Waals surface area contributed by atoms with E-state index in [4.69, 9.17) is 0 Å². The van der Waals surface area contributed by atoms with Gasteiger partial charge < -0.3 is 4.90 Å². The molecule has 3 heterocycles. The average molecular weight is 340 g/mol. The molecular weight excluding hydrogens is 324 g/mol. The molecule has 1 fully saturated rings. The molecule has 0 spiro atoms. The van der Waals surface area contributed by atoms with Gasteiger partial charge in [0.25, 0.3) is 0 Å². The van der Waals surface area contributed by atoms with E-state index in [-0.39, 0.29) is 5.82 Å². The number of piperazine rings is 1. The Morgan fingerprint density at radius 3 is 2.42 bits per heavy atom. The molecule has 0 aliphatic carbocycles. The third kappa shape index (κ3) is 3.81. The van der Waals surface area contributed by atoms with Crippen molar-refractivity contribution in [2.24, 2.45) is 0 Å². The maximum absolute atomic E-state index is 13.6. The molecule has 0 unspecified atom stereocenters. The Kier molecular flexibility index (Phi) is 4.66. The summed E-state index contributed by atoms with van der Waals surface area (Å²) in [6.45, 7) is 2.77. The lowest BCUT2D eigenvalue weighted by molar-refractivity contribution is -0.141. The SMILES string of the molecule is Fc1cccnc1CN1CCN(c2ccnc(C(F)(F)F)c2)CC1. The van der Waals surface area contributed by atoms with Crippen LogP contribution in [0.15, 0.2) is 36.7 Å². The molecular formula is C16H16F4N4. The topological polar surface area (TPSA) is 32.3 Å². The van der Waals surface area contributed by atoms with E-state index in [9.17, 15) is 17.6 Å². The molecule has 1 saturated heterocycles. The van der Waals surface area contributed by atoms with Crippen LogP contribution in [0.5, 0.6) is 0 Å². The average Bonchev–Trinajstić information content (AvgIpc) is 2.57. The van der Waals surface area contributed by atoms with Crippen molar-refractivity contribution in [3.05, 3.63) is 53.9 Å². The van der Waals surface area contributed by atoms with Gasteiger partial charge in [-0.15, -0.1) is 0 Å². The summed E-state index contributed by atoms with van der Waals surface area (Å²) < 4.78 is 51.9. The molecule has 0 atom stereocenters. The molecule has 1 aliphatic rings. The third-order valence-corrected chi connectivity index (χ3v) is 3.98. The van der Waals surface area contributed by atoms with Gasteiger partial charge in [-0.3, -0.25) is 14.9 Å². The molecule has 128 valence electrons. The number of nitrogens with zero attached hydrogens (tertiary/aromatic N) is 4. The number of pyridine rings is 2. The second-order valence-electron chi connectivity index (χ2n) is 5.59. The number of alkyl halides is 3. The number of rotatable bonds is 3. The Balaban J connectivity index is 1.62. The summed E-state index contributed by atoms with van der Waals surface area (Å²) in [4.78, 5) is 11.3. The molecule has 0 N–H and O–H groups in total. The molecule has 0 radical (unpaired) electrons. The maximum atomic E-state index is 13.6. The van der Waals surface area contributed by atoms with E-state index in [1.807, 2.05) is 9.80 Å². The fourth-order valence-corrected chi connectivity index (χ4v) is 2.68. The van der Waals surface area contributed by atoms with Crippen molar-refractivity contribution in [2.45, 2.75) is 12.7 Å². The van der Waals surface area contributed by atoms with Gasteiger partial charge in [-0.1, -0.05) is 0 Å². The van der Waals surface area contributed by atoms with Crippen LogP contribution in [0.2, 0.25) is 0 Å². The molecule has 24 heavy (non-hydrogen) atoms. The highest BCUT2D eigenvalue weighted by Crippen LogP contribution is 2.30. The van der Waals surface area contributed by atoms with E-state index < -0.39 is 11.9 Å². The molecule has 0 saturated carbocycles. The van der Waals surface area contributed by atoms with Gasteiger partial charge in [0.05, 0.1) is 5.69 Å². The van der Waals surface area contributed by atoms with Crippen LogP contribution in [0, 0.1) is 5.82 Å². The van der Waals surface area contributed by atoms with Crippen molar-refractivity contribution >= 4 is 5.69 Å². The van der Waals surface area contributed by atoms with Gasteiger partial charge in [0.2, 0.25) is 0 Å². The van der Waals surface area contributed by atoms with Gasteiger partial charge in [-0.05, 0) is 24.3 Å². The number of hydrogen-bond acceptors (Lipinski definition) is 4. The summed E-state index contributed by atoms with van der Waals surface area (Å²) in [6, 6.07) is 5.55. The highest BCUT2D eigenvalue weighted by molar-refractivity contribution is 5.47. The first-order chi connectivity index (χ1) is 11.4. The zero-order valence-electron chi connectivity index (χ0n) is 12.8. The standard InChI is InChI=1S/C16H16F4N4/c17-13-2-1-4-21-14(13)11-23-6-8-24(9-7-23)12-3-5-22-15(10-12)16(18,19)20/h1-5,10H,6-9,11H2. The molecule has 0 amide bonds. The van der Waals surface area contributed by atoms with Crippen molar-refractivity contribution in [2.75, 3.05) is 31.1 Å². The number of anilines is 1. The molecule has 0 aromatic carbocycles. The second-order valence-corrected chi connectivity index (χ2v) is 5.59. The number of aromatic nitrogens is 2. The number of halogens is 4. The first-order valence-electron chi connectivity index (χ1n) is 7.53. The number of hydrogen-bond donors (Lipinski definition) is 0. The fraction of sp³-hybridized carbons (Fsp3) is 0.375. The third-order valence-electron chi connectivity index (χ3n) is 3.98. The van der Waals surface area contributed by atoms with Crippen molar-refractivity contribution < 1.29 is 17.6 Å². The van der Waals surface area contributed by atoms with Gasteiger partial charge >= 0.3 is 6.18 Å². The Morgan fingerprint density at radius 2 is 1.75 bits per heavy atom. The smallest absolute Gasteiger partial charge is 0.369 e. The van der Waals surface area contributed by atoms with E-state index in [1.54, 1.807) is 18.3 Å². The minimum Gasteiger partial charge on any atom is -0.369 e. The van der Waals surface area contributed by atoms with E-state index in [2.05, 4.69) is 9.97 Å². The highest BCUT2D eigenvalue weighted by atomic mass is 19.4. The van der Waals surface area contributed by atoms with Crippen LogP contribution in [0.25, 0.3) is 0 Å². The predicted octanol–water partition coefficient (Wildman–Crippen LogP) is 2.96. The fourth-order valence-electron chi connectivity index (χ4n) is 2.68. The van der Waals surface area contributed by atoms with Crippen molar-refractivity contribution in [1.29, 1.82) is 0 Å². The molecule has 4 nitrogen and oxygen atoms in total. The van der Waals surface area contributed by atoms with Gasteiger partial charge in [0.1, 0.15) is 11.5 Å². The quantitative estimate of drug-likeness (QED) is 0.804. The largest absolute Gasteiger partial charge is 0.433 e. The molecule has 2 aromatic rings. The zero-order chi connectivity index (χ0) is 17.2. The Bertz CT molecular complexity index is 696. The summed E-state index contributed by atoms with van der Waals surface area (Å²) in [7, 11) is 0. The normalized spacial score (nSPS) is 16.4. The summed E-state index contributed by atoms with van der Waals surface area (Å²) in [5.41, 5.74) is -0.00630. The second kappa shape index (κ2) is 6.72. The zero-order valence-corrected chi connectivity index (χ0v) is 12.8. The maximum Gasteiger partial charge on any atom is 0.433 e. The Labute approximate surface area is 136 Å². The summed E-state index contributed by atoms with van der Waals surface area (Å²) in [5.74, 6) is -0.344. The van der Waals surface area contributed by atoms with Gasteiger partial charge in [-0.25, -0.2) is 4.39 Å². The highest BCUT2D eigenvalue weighted by Gasteiger charge is 2.33. The van der Waals surface area contributed by atoms with Crippen LogP contribution in [0.1, 0.15) is 11.4 Å². The summed E-state index contributed by atoms with van der Waals surface area (Å²) >= 11 is 0. The molecule has 2 aromatic heterocycles. The Morgan fingerprint density at radius 1 is 1.00 bits per heavy atom. The molecule has 1 aliphatic heterocycles.